The van der Waals surface area contributed by atoms with Gasteiger partial charge in [0.2, 0.25) is 0 Å². The smallest absolute Gasteiger partial charge is 0.319 e. The molecule has 0 spiro atoms. The third-order valence-electron chi connectivity index (χ3n) is 4.42. The van der Waals surface area contributed by atoms with Gasteiger partial charge in [0, 0.05) is 12.1 Å². The molecule has 5 nitrogen and oxygen atoms in total. The lowest BCUT2D eigenvalue weighted by molar-refractivity contribution is 0.252. The molecule has 5 heteroatoms. The number of carbonyl (C=O) groups is 1. The van der Waals surface area contributed by atoms with Crippen LogP contribution in [0.25, 0.3) is 11.1 Å². The van der Waals surface area contributed by atoms with Gasteiger partial charge in [0.15, 0.2) is 11.5 Å². The van der Waals surface area contributed by atoms with Crippen molar-refractivity contribution in [3.8, 4) is 22.6 Å². The number of nitrogens with one attached hydrogen (secondary N) is 2. The van der Waals surface area contributed by atoms with Gasteiger partial charge in [-0.25, -0.2) is 4.79 Å². The Bertz CT molecular complexity index is 926. The molecular formula is C23H24N2O3. The Morgan fingerprint density at radius 1 is 0.857 bits per heavy atom. The van der Waals surface area contributed by atoms with Gasteiger partial charge in [-0.3, -0.25) is 0 Å². The van der Waals surface area contributed by atoms with E-state index < -0.39 is 0 Å². The molecular weight excluding hydrogens is 352 g/mol. The summed E-state index contributed by atoms with van der Waals surface area (Å²) in [4.78, 5) is 12.4. The monoisotopic (exact) mass is 376 g/mol. The highest BCUT2D eigenvalue weighted by Gasteiger charge is 2.11. The largest absolute Gasteiger partial charge is 0.493 e. The molecule has 3 aromatic rings. The summed E-state index contributed by atoms with van der Waals surface area (Å²) in [5.41, 5.74) is 3.78. The highest BCUT2D eigenvalue weighted by atomic mass is 16.5. The SMILES string of the molecule is COc1cccc(CCNC(=O)Nc2ccccc2-c2ccccc2)c1OC. The first kappa shape index (κ1) is 19.3. The van der Waals surface area contributed by atoms with Crippen molar-refractivity contribution in [3.05, 3.63) is 78.4 Å². The Hall–Kier alpha value is -3.47. The molecule has 2 N–H and O–H groups in total. The first-order valence-electron chi connectivity index (χ1n) is 9.12. The summed E-state index contributed by atoms with van der Waals surface area (Å²) in [6.07, 6.45) is 0.633. The molecule has 0 fully saturated rings. The van der Waals surface area contributed by atoms with Gasteiger partial charge in [-0.05, 0) is 29.7 Å². The van der Waals surface area contributed by atoms with Crippen LogP contribution in [0.1, 0.15) is 5.56 Å². The van der Waals surface area contributed by atoms with Crippen LogP contribution in [-0.2, 0) is 6.42 Å². The predicted molar refractivity (Wildman–Crippen MR) is 112 cm³/mol. The van der Waals surface area contributed by atoms with Crippen molar-refractivity contribution >= 4 is 11.7 Å². The number of para-hydroxylation sites is 2. The minimum Gasteiger partial charge on any atom is -0.493 e. The second kappa shape index (κ2) is 9.46. The number of carbonyl (C=O) groups excluding carboxylic acids is 1. The lowest BCUT2D eigenvalue weighted by Crippen LogP contribution is -2.30. The molecule has 0 saturated heterocycles. The topological polar surface area (TPSA) is 59.6 Å². The number of amides is 2. The van der Waals surface area contributed by atoms with Crippen LogP contribution in [0, 0.1) is 0 Å². The van der Waals surface area contributed by atoms with Gasteiger partial charge in [-0.2, -0.15) is 0 Å². The Kier molecular flexibility index (Phi) is 6.52. The van der Waals surface area contributed by atoms with Crippen molar-refractivity contribution in [1.29, 1.82) is 0 Å². The van der Waals surface area contributed by atoms with Crippen LogP contribution >= 0.6 is 0 Å². The number of urea groups is 1. The van der Waals surface area contributed by atoms with Gasteiger partial charge in [0.25, 0.3) is 0 Å². The lowest BCUT2D eigenvalue weighted by atomic mass is 10.0. The number of hydrogen-bond acceptors (Lipinski definition) is 3. The van der Waals surface area contributed by atoms with Gasteiger partial charge in [-0.15, -0.1) is 0 Å². The lowest BCUT2D eigenvalue weighted by Gasteiger charge is -2.14. The number of rotatable bonds is 7. The van der Waals surface area contributed by atoms with E-state index in [2.05, 4.69) is 10.6 Å². The summed E-state index contributed by atoms with van der Waals surface area (Å²) < 4.78 is 10.7. The summed E-state index contributed by atoms with van der Waals surface area (Å²) in [5, 5.41) is 5.84. The summed E-state index contributed by atoms with van der Waals surface area (Å²) >= 11 is 0. The van der Waals surface area contributed by atoms with E-state index in [4.69, 9.17) is 9.47 Å². The van der Waals surface area contributed by atoms with Crippen molar-refractivity contribution in [2.75, 3.05) is 26.1 Å². The van der Waals surface area contributed by atoms with Gasteiger partial charge in [-0.1, -0.05) is 60.7 Å². The molecule has 2 amide bonds. The quantitative estimate of drug-likeness (QED) is 0.626. The predicted octanol–water partition coefficient (Wildman–Crippen LogP) is 4.74. The average molecular weight is 376 g/mol. The average Bonchev–Trinajstić information content (AvgIpc) is 2.74. The van der Waals surface area contributed by atoms with Crippen LogP contribution in [0.2, 0.25) is 0 Å². The van der Waals surface area contributed by atoms with E-state index in [1.807, 2.05) is 72.8 Å². The van der Waals surface area contributed by atoms with E-state index in [1.165, 1.54) is 0 Å². The van der Waals surface area contributed by atoms with Crippen LogP contribution in [0.5, 0.6) is 11.5 Å². The normalized spacial score (nSPS) is 10.2. The highest BCUT2D eigenvalue weighted by Crippen LogP contribution is 2.31. The van der Waals surface area contributed by atoms with Crippen LogP contribution in [0.15, 0.2) is 72.8 Å². The zero-order valence-corrected chi connectivity index (χ0v) is 16.1. The number of benzene rings is 3. The molecule has 3 aromatic carbocycles. The first-order valence-corrected chi connectivity index (χ1v) is 9.12. The third-order valence-corrected chi connectivity index (χ3v) is 4.42. The molecule has 3 rings (SSSR count). The Labute approximate surface area is 165 Å². The van der Waals surface area contributed by atoms with Crippen LogP contribution in [0.3, 0.4) is 0 Å². The third kappa shape index (κ3) is 4.62. The molecule has 0 atom stereocenters. The van der Waals surface area contributed by atoms with Crippen LogP contribution in [0.4, 0.5) is 10.5 Å². The Morgan fingerprint density at radius 2 is 1.61 bits per heavy atom. The van der Waals surface area contributed by atoms with E-state index in [0.29, 0.717) is 24.5 Å². The van der Waals surface area contributed by atoms with Gasteiger partial charge < -0.3 is 20.1 Å². The van der Waals surface area contributed by atoms with E-state index >= 15 is 0 Å². The number of methoxy groups -OCH3 is 2. The molecule has 144 valence electrons. The minimum atomic E-state index is -0.245. The van der Waals surface area contributed by atoms with Crippen molar-refractivity contribution < 1.29 is 14.3 Å². The highest BCUT2D eigenvalue weighted by molar-refractivity contribution is 5.94. The second-order valence-electron chi connectivity index (χ2n) is 6.20. The van der Waals surface area contributed by atoms with Crippen LogP contribution in [-0.4, -0.2) is 26.8 Å². The first-order chi connectivity index (χ1) is 13.7. The second-order valence-corrected chi connectivity index (χ2v) is 6.20. The van der Waals surface area contributed by atoms with Gasteiger partial charge >= 0.3 is 6.03 Å². The fourth-order valence-electron chi connectivity index (χ4n) is 3.09. The van der Waals surface area contributed by atoms with E-state index in [-0.39, 0.29) is 6.03 Å². The van der Waals surface area contributed by atoms with Gasteiger partial charge in [0.1, 0.15) is 0 Å². The minimum absolute atomic E-state index is 0.245. The number of hydrogen-bond donors (Lipinski definition) is 2. The fourth-order valence-corrected chi connectivity index (χ4v) is 3.09. The summed E-state index contributed by atoms with van der Waals surface area (Å²) in [6.45, 7) is 0.475. The van der Waals surface area contributed by atoms with Crippen molar-refractivity contribution in [2.45, 2.75) is 6.42 Å². The fraction of sp³-hybridized carbons (Fsp3) is 0.174. The summed E-state index contributed by atoms with van der Waals surface area (Å²) in [7, 11) is 3.22. The Balaban J connectivity index is 1.62. The van der Waals surface area contributed by atoms with Crippen molar-refractivity contribution in [1.82, 2.24) is 5.32 Å². The van der Waals surface area contributed by atoms with E-state index in [1.54, 1.807) is 14.2 Å². The molecule has 0 heterocycles. The van der Waals surface area contributed by atoms with Crippen molar-refractivity contribution in [2.24, 2.45) is 0 Å². The zero-order valence-electron chi connectivity index (χ0n) is 16.1. The number of ether oxygens (including phenoxy) is 2. The molecule has 0 radical (unpaired) electrons. The maximum atomic E-state index is 12.4. The standard InChI is InChI=1S/C23H24N2O3/c1-27-21-14-8-11-18(22(21)28-2)15-16-24-23(26)25-20-13-7-6-12-19(20)17-9-4-3-5-10-17/h3-14H,15-16H2,1-2H3,(H2,24,25,26). The molecule has 0 aromatic heterocycles. The van der Waals surface area contributed by atoms with E-state index in [0.717, 1.165) is 22.4 Å². The molecule has 28 heavy (non-hydrogen) atoms. The summed E-state index contributed by atoms with van der Waals surface area (Å²) in [5.74, 6) is 1.38. The molecule has 0 aliphatic heterocycles. The van der Waals surface area contributed by atoms with Crippen molar-refractivity contribution in [3.63, 3.8) is 0 Å². The molecule has 0 saturated carbocycles. The number of anilines is 1. The maximum absolute atomic E-state index is 12.4. The van der Waals surface area contributed by atoms with Gasteiger partial charge in [0.05, 0.1) is 19.9 Å². The molecule has 0 aliphatic rings. The molecule has 0 bridgehead atoms. The Morgan fingerprint density at radius 3 is 2.36 bits per heavy atom. The van der Waals surface area contributed by atoms with Crippen LogP contribution < -0.4 is 20.1 Å². The molecule has 0 aliphatic carbocycles. The zero-order chi connectivity index (χ0) is 19.8. The van der Waals surface area contributed by atoms with E-state index in [9.17, 15) is 4.79 Å². The maximum Gasteiger partial charge on any atom is 0.319 e. The molecule has 0 unspecified atom stereocenters. The summed E-state index contributed by atoms with van der Waals surface area (Å²) in [6, 6.07) is 23.2.